The van der Waals surface area contributed by atoms with E-state index >= 15 is 0 Å². The van der Waals surface area contributed by atoms with Gasteiger partial charge in [0.1, 0.15) is 23.6 Å². The third-order valence-electron chi connectivity index (χ3n) is 4.75. The molecule has 3 N–H and O–H groups in total. The van der Waals surface area contributed by atoms with Crippen molar-refractivity contribution in [2.45, 2.75) is 39.3 Å². The molecular formula is C19H24FN3O4. The number of aryl methyl sites for hydroxylation is 1. The first-order valence-electron chi connectivity index (χ1n) is 8.74. The van der Waals surface area contributed by atoms with E-state index in [1.54, 1.807) is 24.6 Å². The van der Waals surface area contributed by atoms with Gasteiger partial charge in [0.15, 0.2) is 0 Å². The van der Waals surface area contributed by atoms with Gasteiger partial charge in [0, 0.05) is 18.0 Å². The van der Waals surface area contributed by atoms with Gasteiger partial charge in [-0.05, 0) is 37.1 Å². The van der Waals surface area contributed by atoms with Crippen molar-refractivity contribution in [3.05, 3.63) is 35.8 Å². The van der Waals surface area contributed by atoms with E-state index in [9.17, 15) is 23.9 Å². The molecule has 1 aromatic heterocycles. The second kappa shape index (κ2) is 8.20. The van der Waals surface area contributed by atoms with E-state index in [4.69, 9.17) is 0 Å². The van der Waals surface area contributed by atoms with Gasteiger partial charge >= 0.3 is 5.97 Å². The molecule has 2 amide bonds. The molecule has 0 radical (unpaired) electrons. The Labute approximate surface area is 156 Å². The second-order valence-electron chi connectivity index (χ2n) is 6.70. The number of aromatic nitrogens is 1. The number of hydrogen-bond donors (Lipinski definition) is 3. The molecule has 3 atom stereocenters. The van der Waals surface area contributed by atoms with Crippen LogP contribution in [-0.4, -0.2) is 39.5 Å². The molecule has 1 heterocycles. The number of fused-ring (bicyclic) bond motifs is 1. The molecule has 1 aromatic carbocycles. The van der Waals surface area contributed by atoms with Crippen molar-refractivity contribution >= 4 is 28.7 Å². The van der Waals surface area contributed by atoms with Gasteiger partial charge in [-0.1, -0.05) is 20.3 Å². The Bertz CT molecular complexity index is 877. The molecule has 0 spiro atoms. The van der Waals surface area contributed by atoms with Crippen LogP contribution in [0.4, 0.5) is 4.39 Å². The first-order valence-corrected chi connectivity index (χ1v) is 8.74. The molecule has 2 aromatic rings. The van der Waals surface area contributed by atoms with Crippen LogP contribution in [-0.2, 0) is 16.6 Å². The molecule has 0 saturated heterocycles. The Morgan fingerprint density at radius 2 is 1.85 bits per heavy atom. The molecule has 146 valence electrons. The summed E-state index contributed by atoms with van der Waals surface area (Å²) in [7, 11) is 1.67. The predicted molar refractivity (Wildman–Crippen MR) is 98.8 cm³/mol. The van der Waals surface area contributed by atoms with Crippen LogP contribution in [0.1, 0.15) is 37.7 Å². The van der Waals surface area contributed by atoms with E-state index in [0.29, 0.717) is 17.3 Å². The van der Waals surface area contributed by atoms with Crippen molar-refractivity contribution in [2.75, 3.05) is 0 Å². The monoisotopic (exact) mass is 377 g/mol. The van der Waals surface area contributed by atoms with Gasteiger partial charge in [0.2, 0.25) is 5.91 Å². The Hall–Kier alpha value is -2.90. The molecule has 8 heteroatoms. The number of nitrogens with one attached hydrogen (secondary N) is 2. The van der Waals surface area contributed by atoms with E-state index in [2.05, 4.69) is 10.6 Å². The lowest BCUT2D eigenvalue weighted by Gasteiger charge is -2.22. The molecular weight excluding hydrogens is 353 g/mol. The summed E-state index contributed by atoms with van der Waals surface area (Å²) in [5, 5.41) is 14.9. The van der Waals surface area contributed by atoms with Crippen molar-refractivity contribution in [1.82, 2.24) is 15.2 Å². The Balaban J connectivity index is 2.12. The molecule has 0 saturated carbocycles. The Kier molecular flexibility index (Phi) is 6.20. The zero-order valence-electron chi connectivity index (χ0n) is 15.7. The molecule has 2 rings (SSSR count). The topological polar surface area (TPSA) is 100 Å². The summed E-state index contributed by atoms with van der Waals surface area (Å²) >= 11 is 0. The second-order valence-corrected chi connectivity index (χ2v) is 6.70. The third-order valence-corrected chi connectivity index (χ3v) is 4.75. The predicted octanol–water partition coefficient (Wildman–Crippen LogP) is 2.05. The fourth-order valence-electron chi connectivity index (χ4n) is 2.84. The van der Waals surface area contributed by atoms with Gasteiger partial charge in [-0.2, -0.15) is 0 Å². The van der Waals surface area contributed by atoms with Crippen LogP contribution in [0.5, 0.6) is 0 Å². The minimum absolute atomic E-state index is 0.248. The summed E-state index contributed by atoms with van der Waals surface area (Å²) in [4.78, 5) is 36.2. The third kappa shape index (κ3) is 4.45. The van der Waals surface area contributed by atoms with Gasteiger partial charge in [-0.15, -0.1) is 0 Å². The van der Waals surface area contributed by atoms with Gasteiger partial charge in [0.05, 0.1) is 0 Å². The molecule has 3 unspecified atom stereocenters. The first-order chi connectivity index (χ1) is 12.6. The number of carbonyl (C=O) groups is 3. The molecule has 27 heavy (non-hydrogen) atoms. The number of aliphatic carboxylic acids is 1. The number of carboxylic acid groups (broad SMARTS) is 1. The van der Waals surface area contributed by atoms with Crippen molar-refractivity contribution in [2.24, 2.45) is 13.0 Å². The van der Waals surface area contributed by atoms with Gasteiger partial charge < -0.3 is 20.3 Å². The fraction of sp³-hybridized carbons (Fsp3) is 0.421. The zero-order chi connectivity index (χ0) is 20.3. The van der Waals surface area contributed by atoms with Crippen LogP contribution >= 0.6 is 0 Å². The average molecular weight is 377 g/mol. The van der Waals surface area contributed by atoms with E-state index in [1.165, 1.54) is 25.1 Å². The average Bonchev–Trinajstić information content (AvgIpc) is 2.94. The maximum Gasteiger partial charge on any atom is 0.326 e. The molecule has 7 nitrogen and oxygen atoms in total. The van der Waals surface area contributed by atoms with E-state index in [1.807, 2.05) is 6.92 Å². The largest absolute Gasteiger partial charge is 0.480 e. The minimum Gasteiger partial charge on any atom is -0.480 e. The number of hydrogen-bond acceptors (Lipinski definition) is 3. The lowest BCUT2D eigenvalue weighted by molar-refractivity contribution is -0.143. The number of halogens is 1. The number of rotatable bonds is 7. The van der Waals surface area contributed by atoms with Crippen molar-refractivity contribution in [1.29, 1.82) is 0 Å². The maximum atomic E-state index is 13.4. The standard InChI is InChI=1S/C19H24FN3O4/c1-5-10(2)16(19(26)27)22-17(24)11(3)21-18(25)15-9-12-8-13(20)6-7-14(12)23(15)4/h6-11,16H,5H2,1-4H3,(H,21,25)(H,22,24)(H,26,27). The SMILES string of the molecule is CCC(C)C(NC(=O)C(C)NC(=O)c1cc2cc(F)ccc2n1C)C(=O)O. The van der Waals surface area contributed by atoms with Crippen LogP contribution in [0.25, 0.3) is 10.9 Å². The summed E-state index contributed by atoms with van der Waals surface area (Å²) in [5.74, 6) is -2.86. The molecule has 0 aliphatic heterocycles. The lowest BCUT2D eigenvalue weighted by atomic mass is 9.99. The van der Waals surface area contributed by atoms with Crippen LogP contribution in [0.2, 0.25) is 0 Å². The zero-order valence-corrected chi connectivity index (χ0v) is 15.7. The van der Waals surface area contributed by atoms with Crippen molar-refractivity contribution < 1.29 is 23.9 Å². The number of nitrogens with zero attached hydrogens (tertiary/aromatic N) is 1. The highest BCUT2D eigenvalue weighted by Crippen LogP contribution is 2.20. The molecule has 0 bridgehead atoms. The van der Waals surface area contributed by atoms with E-state index in [0.717, 1.165) is 0 Å². The fourth-order valence-corrected chi connectivity index (χ4v) is 2.84. The summed E-state index contributed by atoms with van der Waals surface area (Å²) in [6.07, 6.45) is 0.588. The van der Waals surface area contributed by atoms with E-state index in [-0.39, 0.29) is 11.6 Å². The Morgan fingerprint density at radius 1 is 1.19 bits per heavy atom. The van der Waals surface area contributed by atoms with Crippen LogP contribution < -0.4 is 10.6 Å². The quantitative estimate of drug-likeness (QED) is 0.687. The number of carbonyl (C=O) groups excluding carboxylic acids is 2. The van der Waals surface area contributed by atoms with Gasteiger partial charge in [0.25, 0.3) is 5.91 Å². The van der Waals surface area contributed by atoms with E-state index < -0.39 is 35.7 Å². The van der Waals surface area contributed by atoms with Crippen molar-refractivity contribution in [3.63, 3.8) is 0 Å². The number of amides is 2. The summed E-state index contributed by atoms with van der Waals surface area (Å²) in [6.45, 7) is 5.04. The van der Waals surface area contributed by atoms with Gasteiger partial charge in [-0.3, -0.25) is 9.59 Å². The maximum absolute atomic E-state index is 13.4. The van der Waals surface area contributed by atoms with Crippen LogP contribution in [0, 0.1) is 11.7 Å². The number of benzene rings is 1. The van der Waals surface area contributed by atoms with Crippen molar-refractivity contribution in [3.8, 4) is 0 Å². The highest BCUT2D eigenvalue weighted by Gasteiger charge is 2.28. The van der Waals surface area contributed by atoms with Crippen LogP contribution in [0.15, 0.2) is 24.3 Å². The lowest BCUT2D eigenvalue weighted by Crippen LogP contribution is -2.52. The molecule has 0 aliphatic carbocycles. The number of carboxylic acids is 1. The van der Waals surface area contributed by atoms with Gasteiger partial charge in [-0.25, -0.2) is 9.18 Å². The summed E-state index contributed by atoms with van der Waals surface area (Å²) in [6, 6.07) is 3.78. The highest BCUT2D eigenvalue weighted by atomic mass is 19.1. The minimum atomic E-state index is -1.12. The smallest absolute Gasteiger partial charge is 0.326 e. The first kappa shape index (κ1) is 20.4. The highest BCUT2D eigenvalue weighted by molar-refractivity contribution is 6.01. The summed E-state index contributed by atoms with van der Waals surface area (Å²) < 4.78 is 15.0. The molecule has 0 fully saturated rings. The molecule has 0 aliphatic rings. The Morgan fingerprint density at radius 3 is 2.44 bits per heavy atom. The van der Waals surface area contributed by atoms with Crippen LogP contribution in [0.3, 0.4) is 0 Å². The summed E-state index contributed by atoms with van der Waals surface area (Å²) in [5.41, 5.74) is 0.952. The normalized spacial score (nSPS) is 14.4.